The molecule has 18 heavy (non-hydrogen) atoms. The number of benzene rings is 1. The molecule has 1 fully saturated rings. The maximum absolute atomic E-state index is 12.2. The van der Waals surface area contributed by atoms with Crippen molar-refractivity contribution in [1.82, 2.24) is 5.32 Å². The molecule has 1 aliphatic rings. The van der Waals surface area contributed by atoms with Crippen LogP contribution in [-0.2, 0) is 4.79 Å². The van der Waals surface area contributed by atoms with Gasteiger partial charge in [0.2, 0.25) is 5.91 Å². The summed E-state index contributed by atoms with van der Waals surface area (Å²) in [6, 6.07) is 9.56. The Bertz CT molecular complexity index is 412. The number of nitrogens with one attached hydrogen (secondary N) is 1. The van der Waals surface area contributed by atoms with Crippen LogP contribution in [-0.4, -0.2) is 11.4 Å². The van der Waals surface area contributed by atoms with Gasteiger partial charge in [0.1, 0.15) is 0 Å². The van der Waals surface area contributed by atoms with Crippen LogP contribution in [0.3, 0.4) is 0 Å². The van der Waals surface area contributed by atoms with Crippen LogP contribution in [0.2, 0.25) is 0 Å². The third-order valence-electron chi connectivity index (χ3n) is 4.02. The summed E-state index contributed by atoms with van der Waals surface area (Å²) in [4.78, 5) is 12.2. The highest BCUT2D eigenvalue weighted by molar-refractivity contribution is 5.80. The largest absolute Gasteiger partial charge is 0.351 e. The second-order valence-corrected chi connectivity index (χ2v) is 5.63. The Hall–Kier alpha value is -1.35. The predicted octanol–water partition coefficient (Wildman–Crippen LogP) is 2.38. The Balaban J connectivity index is 1.98. The molecule has 98 valence electrons. The number of rotatable bonds is 4. The van der Waals surface area contributed by atoms with Crippen molar-refractivity contribution >= 4 is 5.91 Å². The van der Waals surface area contributed by atoms with Crippen LogP contribution >= 0.6 is 0 Å². The minimum absolute atomic E-state index is 0.00174. The van der Waals surface area contributed by atoms with Gasteiger partial charge in [-0.3, -0.25) is 4.79 Å². The van der Waals surface area contributed by atoms with Crippen LogP contribution < -0.4 is 11.1 Å². The monoisotopic (exact) mass is 246 g/mol. The minimum Gasteiger partial charge on any atom is -0.351 e. The van der Waals surface area contributed by atoms with Gasteiger partial charge in [-0.1, -0.05) is 37.3 Å². The molecule has 1 aromatic rings. The molecular weight excluding hydrogens is 224 g/mol. The normalized spacial score (nSPS) is 20.6. The summed E-state index contributed by atoms with van der Waals surface area (Å²) in [5.41, 5.74) is 7.17. The zero-order chi connectivity index (χ0) is 13.2. The van der Waals surface area contributed by atoms with Crippen LogP contribution in [0.25, 0.3) is 0 Å². The van der Waals surface area contributed by atoms with Crippen LogP contribution in [0.1, 0.15) is 44.7 Å². The zero-order valence-corrected chi connectivity index (χ0v) is 11.1. The van der Waals surface area contributed by atoms with E-state index in [0.29, 0.717) is 0 Å². The highest BCUT2D eigenvalue weighted by atomic mass is 16.2. The van der Waals surface area contributed by atoms with Gasteiger partial charge in [-0.25, -0.2) is 0 Å². The third kappa shape index (κ3) is 2.72. The lowest BCUT2D eigenvalue weighted by molar-refractivity contribution is -0.128. The van der Waals surface area contributed by atoms with Gasteiger partial charge in [-0.15, -0.1) is 0 Å². The molecule has 1 saturated carbocycles. The summed E-state index contributed by atoms with van der Waals surface area (Å²) in [6.07, 6.45) is 3.36. The molecule has 3 heteroatoms. The Kier molecular flexibility index (Phi) is 3.71. The minimum atomic E-state index is -0.241. The molecule has 2 atom stereocenters. The Labute approximate surface area is 109 Å². The SMILES string of the molecule is CC(C(=O)NC1(C)CCC1)C(N)c1ccccc1. The van der Waals surface area contributed by atoms with Crippen molar-refractivity contribution in [3.8, 4) is 0 Å². The van der Waals surface area contributed by atoms with E-state index < -0.39 is 0 Å². The fourth-order valence-electron chi connectivity index (χ4n) is 2.37. The molecule has 3 nitrogen and oxygen atoms in total. The van der Waals surface area contributed by atoms with Gasteiger partial charge >= 0.3 is 0 Å². The topological polar surface area (TPSA) is 55.1 Å². The van der Waals surface area contributed by atoms with Gasteiger partial charge in [0.05, 0.1) is 5.92 Å². The lowest BCUT2D eigenvalue weighted by atomic mass is 9.78. The standard InChI is InChI=1S/C15H22N2O/c1-11(13(16)12-7-4-3-5-8-12)14(18)17-15(2)9-6-10-15/h3-5,7-8,11,13H,6,9-10,16H2,1-2H3,(H,17,18). The van der Waals surface area contributed by atoms with Crippen molar-refractivity contribution in [2.24, 2.45) is 11.7 Å². The molecule has 3 N–H and O–H groups in total. The summed E-state index contributed by atoms with van der Waals surface area (Å²) in [7, 11) is 0. The summed E-state index contributed by atoms with van der Waals surface area (Å²) >= 11 is 0. The first-order valence-corrected chi connectivity index (χ1v) is 6.64. The van der Waals surface area contributed by atoms with Crippen molar-refractivity contribution in [2.75, 3.05) is 0 Å². The van der Waals surface area contributed by atoms with E-state index in [1.807, 2.05) is 37.3 Å². The van der Waals surface area contributed by atoms with E-state index in [-0.39, 0.29) is 23.4 Å². The zero-order valence-electron chi connectivity index (χ0n) is 11.1. The summed E-state index contributed by atoms with van der Waals surface area (Å²) in [6.45, 7) is 4.00. The molecule has 1 aliphatic carbocycles. The second-order valence-electron chi connectivity index (χ2n) is 5.63. The molecule has 0 bridgehead atoms. The van der Waals surface area contributed by atoms with E-state index in [9.17, 15) is 4.79 Å². The van der Waals surface area contributed by atoms with Crippen molar-refractivity contribution in [2.45, 2.75) is 44.7 Å². The first kappa shape index (κ1) is 13.1. The Morgan fingerprint density at radius 2 is 1.94 bits per heavy atom. The van der Waals surface area contributed by atoms with E-state index in [1.165, 1.54) is 6.42 Å². The Morgan fingerprint density at radius 1 is 1.33 bits per heavy atom. The molecular formula is C15H22N2O. The van der Waals surface area contributed by atoms with E-state index in [1.54, 1.807) is 0 Å². The van der Waals surface area contributed by atoms with Gasteiger partial charge < -0.3 is 11.1 Å². The third-order valence-corrected chi connectivity index (χ3v) is 4.02. The predicted molar refractivity (Wildman–Crippen MR) is 72.9 cm³/mol. The highest BCUT2D eigenvalue weighted by Gasteiger charge is 2.35. The fourth-order valence-corrected chi connectivity index (χ4v) is 2.37. The van der Waals surface area contributed by atoms with Gasteiger partial charge in [0.15, 0.2) is 0 Å². The summed E-state index contributed by atoms with van der Waals surface area (Å²) < 4.78 is 0. The lowest BCUT2D eigenvalue weighted by Crippen LogP contribution is -2.53. The molecule has 0 spiro atoms. The molecule has 0 radical (unpaired) electrons. The average Bonchev–Trinajstić information content (AvgIpc) is 2.36. The molecule has 0 aliphatic heterocycles. The van der Waals surface area contributed by atoms with Crippen LogP contribution in [0, 0.1) is 5.92 Å². The van der Waals surface area contributed by atoms with Gasteiger partial charge in [-0.05, 0) is 31.7 Å². The molecule has 0 heterocycles. The van der Waals surface area contributed by atoms with E-state index in [0.717, 1.165) is 18.4 Å². The number of carbonyl (C=O) groups excluding carboxylic acids is 1. The smallest absolute Gasteiger partial charge is 0.225 e. The van der Waals surface area contributed by atoms with Crippen LogP contribution in [0.15, 0.2) is 30.3 Å². The maximum atomic E-state index is 12.2. The highest BCUT2D eigenvalue weighted by Crippen LogP contribution is 2.31. The second kappa shape index (κ2) is 5.11. The van der Waals surface area contributed by atoms with Crippen LogP contribution in [0.5, 0.6) is 0 Å². The Morgan fingerprint density at radius 3 is 2.44 bits per heavy atom. The number of amides is 1. The van der Waals surface area contributed by atoms with Crippen LogP contribution in [0.4, 0.5) is 0 Å². The van der Waals surface area contributed by atoms with E-state index in [4.69, 9.17) is 5.73 Å². The van der Waals surface area contributed by atoms with E-state index >= 15 is 0 Å². The number of hydrogen-bond donors (Lipinski definition) is 2. The average molecular weight is 246 g/mol. The summed E-state index contributed by atoms with van der Waals surface area (Å²) in [5.74, 6) is -0.140. The molecule has 0 aromatic heterocycles. The molecule has 2 rings (SSSR count). The molecule has 0 saturated heterocycles. The number of carbonyl (C=O) groups is 1. The van der Waals surface area contributed by atoms with Crippen molar-refractivity contribution in [1.29, 1.82) is 0 Å². The maximum Gasteiger partial charge on any atom is 0.225 e. The first-order valence-electron chi connectivity index (χ1n) is 6.64. The van der Waals surface area contributed by atoms with Crippen molar-refractivity contribution in [3.63, 3.8) is 0 Å². The summed E-state index contributed by atoms with van der Waals surface area (Å²) in [5, 5.41) is 3.12. The van der Waals surface area contributed by atoms with Crippen molar-refractivity contribution in [3.05, 3.63) is 35.9 Å². The lowest BCUT2D eigenvalue weighted by Gasteiger charge is -2.40. The van der Waals surface area contributed by atoms with Gasteiger partial charge in [0.25, 0.3) is 0 Å². The number of hydrogen-bond acceptors (Lipinski definition) is 2. The first-order chi connectivity index (χ1) is 8.52. The number of nitrogens with two attached hydrogens (primary N) is 1. The fraction of sp³-hybridized carbons (Fsp3) is 0.533. The quantitative estimate of drug-likeness (QED) is 0.857. The molecule has 1 aromatic carbocycles. The van der Waals surface area contributed by atoms with Crippen molar-refractivity contribution < 1.29 is 4.79 Å². The van der Waals surface area contributed by atoms with Gasteiger partial charge in [0, 0.05) is 11.6 Å². The van der Waals surface area contributed by atoms with E-state index in [2.05, 4.69) is 12.2 Å². The molecule has 1 amide bonds. The molecule has 2 unspecified atom stereocenters. The van der Waals surface area contributed by atoms with Gasteiger partial charge in [-0.2, -0.15) is 0 Å².